The number of fused-ring (bicyclic) bond motifs is 1. The van der Waals surface area contributed by atoms with E-state index in [9.17, 15) is 26.7 Å². The van der Waals surface area contributed by atoms with Gasteiger partial charge in [0.05, 0.1) is 21.6 Å². The molecule has 0 aromatic carbocycles. The molecule has 0 atom stereocenters. The van der Waals surface area contributed by atoms with E-state index in [4.69, 9.17) is 11.6 Å². The van der Waals surface area contributed by atoms with Crippen molar-refractivity contribution in [3.05, 3.63) is 51.5 Å². The fraction of sp³-hybridized carbons (Fsp3) is 0.350. The summed E-state index contributed by atoms with van der Waals surface area (Å²) in [4.78, 5) is 24.5. The largest absolute Gasteiger partial charge is 0.434 e. The van der Waals surface area contributed by atoms with Crippen LogP contribution in [-0.2, 0) is 6.18 Å². The summed E-state index contributed by atoms with van der Waals surface area (Å²) in [5.74, 6) is -3.06. The van der Waals surface area contributed by atoms with Gasteiger partial charge in [0, 0.05) is 50.0 Å². The highest BCUT2D eigenvalue weighted by atomic mass is 35.5. The van der Waals surface area contributed by atoms with Gasteiger partial charge in [0.25, 0.3) is 0 Å². The highest BCUT2D eigenvalue weighted by Gasteiger charge is 2.38. The van der Waals surface area contributed by atoms with Crippen LogP contribution in [0.4, 0.5) is 27.8 Å². The molecule has 3 aromatic heterocycles. The summed E-state index contributed by atoms with van der Waals surface area (Å²) in [5, 5.41) is -0.352. The highest BCUT2D eigenvalue weighted by molar-refractivity contribution is 6.31. The summed E-state index contributed by atoms with van der Waals surface area (Å²) in [6.07, 6.45) is -2.80. The number of rotatable bonds is 2. The first kappa shape index (κ1) is 21.5. The molecule has 4 rings (SSSR count). The van der Waals surface area contributed by atoms with Gasteiger partial charge in [-0.05, 0) is 18.6 Å². The van der Waals surface area contributed by atoms with Gasteiger partial charge in [-0.2, -0.15) is 13.2 Å². The number of nitrogens with one attached hydrogen (secondary N) is 1. The molecule has 5 nitrogen and oxygen atoms in total. The third kappa shape index (κ3) is 4.34. The lowest BCUT2D eigenvalue weighted by Crippen LogP contribution is -2.28. The Morgan fingerprint density at radius 1 is 1.16 bits per heavy atom. The number of hydrogen-bond donors (Lipinski definition) is 1. The third-order valence-electron chi connectivity index (χ3n) is 5.16. The first-order valence-electron chi connectivity index (χ1n) is 9.43. The number of anilines is 1. The molecule has 4 heterocycles. The van der Waals surface area contributed by atoms with Crippen LogP contribution in [0.15, 0.2) is 35.4 Å². The molecule has 0 bridgehead atoms. The van der Waals surface area contributed by atoms with E-state index >= 15 is 0 Å². The van der Waals surface area contributed by atoms with E-state index in [2.05, 4.69) is 15.0 Å². The molecular formula is C20H16ClF5N4O. The number of alkyl halides is 5. The van der Waals surface area contributed by atoms with Crippen LogP contribution in [0.3, 0.4) is 0 Å². The van der Waals surface area contributed by atoms with Crippen molar-refractivity contribution in [2.45, 2.75) is 31.4 Å². The van der Waals surface area contributed by atoms with Crippen molar-refractivity contribution in [1.29, 1.82) is 0 Å². The lowest BCUT2D eigenvalue weighted by Gasteiger charge is -2.26. The summed E-state index contributed by atoms with van der Waals surface area (Å²) in [5.41, 5.74) is -0.990. The van der Waals surface area contributed by atoms with Gasteiger partial charge in [-0.1, -0.05) is 11.6 Å². The van der Waals surface area contributed by atoms with Crippen LogP contribution in [0.2, 0.25) is 5.02 Å². The van der Waals surface area contributed by atoms with E-state index in [1.165, 1.54) is 23.4 Å². The van der Waals surface area contributed by atoms with Crippen LogP contribution < -0.4 is 10.3 Å². The molecule has 1 saturated heterocycles. The first-order valence-corrected chi connectivity index (χ1v) is 9.81. The Labute approximate surface area is 177 Å². The molecular weight excluding hydrogens is 443 g/mol. The van der Waals surface area contributed by atoms with Gasteiger partial charge in [-0.3, -0.25) is 9.78 Å². The lowest BCUT2D eigenvalue weighted by atomic mass is 10.1. The number of pyridine rings is 3. The van der Waals surface area contributed by atoms with Gasteiger partial charge in [0.15, 0.2) is 11.1 Å². The van der Waals surface area contributed by atoms with E-state index in [-0.39, 0.29) is 43.0 Å². The molecule has 0 unspecified atom stereocenters. The van der Waals surface area contributed by atoms with Gasteiger partial charge < -0.3 is 9.88 Å². The smallest absolute Gasteiger partial charge is 0.356 e. The number of aromatic nitrogens is 3. The minimum atomic E-state index is -4.83. The Hall–Kier alpha value is -2.75. The number of halogens is 6. The third-order valence-corrected chi connectivity index (χ3v) is 5.45. The Morgan fingerprint density at radius 3 is 2.68 bits per heavy atom. The van der Waals surface area contributed by atoms with Gasteiger partial charge in [0.1, 0.15) is 5.82 Å². The van der Waals surface area contributed by atoms with E-state index < -0.39 is 34.7 Å². The predicted molar refractivity (Wildman–Crippen MR) is 107 cm³/mol. The zero-order valence-electron chi connectivity index (χ0n) is 15.9. The quantitative estimate of drug-likeness (QED) is 0.530. The Bertz CT molecular complexity index is 1190. The van der Waals surface area contributed by atoms with E-state index in [0.29, 0.717) is 10.9 Å². The van der Waals surface area contributed by atoms with Gasteiger partial charge in [-0.25, -0.2) is 13.8 Å². The van der Waals surface area contributed by atoms with Gasteiger partial charge in [-0.15, -0.1) is 0 Å². The average Bonchev–Trinajstić information content (AvgIpc) is 2.87. The normalized spacial score (nSPS) is 17.0. The summed E-state index contributed by atoms with van der Waals surface area (Å²) >= 11 is 5.89. The maximum Gasteiger partial charge on any atom is 0.434 e. The van der Waals surface area contributed by atoms with Crippen molar-refractivity contribution in [3.63, 3.8) is 0 Å². The van der Waals surface area contributed by atoms with E-state index in [1.54, 1.807) is 6.07 Å². The van der Waals surface area contributed by atoms with Crippen molar-refractivity contribution in [3.8, 4) is 11.3 Å². The highest BCUT2D eigenvalue weighted by Crippen LogP contribution is 2.40. The second-order valence-electron chi connectivity index (χ2n) is 7.35. The maximum atomic E-state index is 13.8. The standard InChI is InChI=1S/C20H16ClF5N4O/c21-13-8-11(15-9-16(31)12-10-27-5-2-14(12)28-15)18(29-17(13)20(24,25)26)30-6-1-3-19(22,23)4-7-30/h2,5,8-10H,1,3-4,6-7H2,(H,28,31). The second kappa shape index (κ2) is 7.74. The first-order chi connectivity index (χ1) is 14.5. The van der Waals surface area contributed by atoms with E-state index in [0.717, 1.165) is 6.07 Å². The molecule has 0 aliphatic carbocycles. The summed E-state index contributed by atoms with van der Waals surface area (Å²) < 4.78 is 68.0. The predicted octanol–water partition coefficient (Wildman–Crippen LogP) is 5.28. The molecule has 3 aromatic rings. The zero-order chi connectivity index (χ0) is 22.4. The minimum absolute atomic E-state index is 0.0814. The zero-order valence-corrected chi connectivity index (χ0v) is 16.7. The molecule has 164 valence electrons. The average molecular weight is 459 g/mol. The van der Waals surface area contributed by atoms with Crippen LogP contribution in [0.1, 0.15) is 25.0 Å². The Kier molecular flexibility index (Phi) is 5.36. The van der Waals surface area contributed by atoms with Crippen molar-refractivity contribution in [2.24, 2.45) is 0 Å². The SMILES string of the molecule is O=c1cc(-c2cc(Cl)c(C(F)(F)F)nc2N2CCCC(F)(F)CC2)[nH]c2ccncc12. The molecule has 0 amide bonds. The summed E-state index contributed by atoms with van der Waals surface area (Å²) in [7, 11) is 0. The Morgan fingerprint density at radius 2 is 1.94 bits per heavy atom. The maximum absolute atomic E-state index is 13.8. The van der Waals surface area contributed by atoms with Crippen LogP contribution in [0.25, 0.3) is 22.2 Å². The van der Waals surface area contributed by atoms with Crippen LogP contribution in [0.5, 0.6) is 0 Å². The van der Waals surface area contributed by atoms with Crippen LogP contribution in [-0.4, -0.2) is 34.0 Å². The van der Waals surface area contributed by atoms with Crippen LogP contribution >= 0.6 is 11.6 Å². The molecule has 1 aliphatic rings. The molecule has 1 aliphatic heterocycles. The number of aromatic amines is 1. The van der Waals surface area contributed by atoms with Crippen molar-refractivity contribution in [1.82, 2.24) is 15.0 Å². The van der Waals surface area contributed by atoms with Crippen molar-refractivity contribution < 1.29 is 22.0 Å². The number of nitrogens with zero attached hydrogens (tertiary/aromatic N) is 3. The number of hydrogen-bond acceptors (Lipinski definition) is 4. The van der Waals surface area contributed by atoms with E-state index in [1.807, 2.05) is 0 Å². The molecule has 0 spiro atoms. The fourth-order valence-electron chi connectivity index (χ4n) is 3.63. The molecule has 0 radical (unpaired) electrons. The molecule has 1 N–H and O–H groups in total. The van der Waals surface area contributed by atoms with Gasteiger partial charge in [0.2, 0.25) is 5.92 Å². The topological polar surface area (TPSA) is 61.9 Å². The van der Waals surface area contributed by atoms with Gasteiger partial charge >= 0.3 is 6.18 Å². The van der Waals surface area contributed by atoms with Crippen molar-refractivity contribution >= 4 is 28.3 Å². The lowest BCUT2D eigenvalue weighted by molar-refractivity contribution is -0.141. The summed E-state index contributed by atoms with van der Waals surface area (Å²) in [6.45, 7) is -0.0933. The summed E-state index contributed by atoms with van der Waals surface area (Å²) in [6, 6.07) is 3.82. The minimum Gasteiger partial charge on any atom is -0.356 e. The second-order valence-corrected chi connectivity index (χ2v) is 7.76. The monoisotopic (exact) mass is 458 g/mol. The molecule has 1 fully saturated rings. The molecule has 11 heteroatoms. The number of H-pyrrole nitrogens is 1. The molecule has 0 saturated carbocycles. The fourth-order valence-corrected chi connectivity index (χ4v) is 3.89. The van der Waals surface area contributed by atoms with Crippen LogP contribution in [0, 0.1) is 0 Å². The Balaban J connectivity index is 1.91. The molecule has 31 heavy (non-hydrogen) atoms. The van der Waals surface area contributed by atoms with Crippen molar-refractivity contribution in [2.75, 3.05) is 18.0 Å².